The predicted molar refractivity (Wildman–Crippen MR) is 102 cm³/mol. The average Bonchev–Trinajstić information content (AvgIpc) is 3.13. The number of likely N-dealkylation sites (tertiary alicyclic amines) is 1. The van der Waals surface area contributed by atoms with Gasteiger partial charge in [0.1, 0.15) is 0 Å². The highest BCUT2D eigenvalue weighted by Crippen LogP contribution is 2.31. The average molecular weight is 366 g/mol. The number of carbonyl (C=O) groups is 2. The Kier molecular flexibility index (Phi) is 4.50. The van der Waals surface area contributed by atoms with Gasteiger partial charge < -0.3 is 9.80 Å². The summed E-state index contributed by atoms with van der Waals surface area (Å²) in [4.78, 5) is 29.0. The Bertz CT molecular complexity index is 871. The minimum absolute atomic E-state index is 0.0364. The van der Waals surface area contributed by atoms with Crippen LogP contribution in [0.15, 0.2) is 30.3 Å². The van der Waals surface area contributed by atoms with Crippen LogP contribution in [-0.2, 0) is 11.3 Å². The number of aromatic nitrogens is 2. The fourth-order valence-electron chi connectivity index (χ4n) is 4.36. The second-order valence-electron chi connectivity index (χ2n) is 7.86. The minimum atomic E-state index is 0.0364. The number of aryl methyl sites for hydroxylation is 2. The van der Waals surface area contributed by atoms with Crippen LogP contribution in [0.1, 0.15) is 46.6 Å². The van der Waals surface area contributed by atoms with Crippen LogP contribution in [0.4, 0.5) is 0 Å². The molecular formula is C21H26N4O2. The summed E-state index contributed by atoms with van der Waals surface area (Å²) in [5, 5.41) is 4.49. The molecule has 2 atom stereocenters. The van der Waals surface area contributed by atoms with Gasteiger partial charge in [-0.1, -0.05) is 12.1 Å². The van der Waals surface area contributed by atoms with E-state index in [4.69, 9.17) is 0 Å². The van der Waals surface area contributed by atoms with Crippen LogP contribution in [0.5, 0.6) is 0 Å². The summed E-state index contributed by atoms with van der Waals surface area (Å²) in [5.74, 6) is 0.184. The van der Waals surface area contributed by atoms with Gasteiger partial charge in [0.15, 0.2) is 0 Å². The summed E-state index contributed by atoms with van der Waals surface area (Å²) in [6.45, 7) is 5.37. The number of hydrogen-bond acceptors (Lipinski definition) is 3. The van der Waals surface area contributed by atoms with Crippen molar-refractivity contribution in [3.63, 3.8) is 0 Å². The zero-order chi connectivity index (χ0) is 19.1. The fraction of sp³-hybridized carbons (Fsp3) is 0.476. The topological polar surface area (TPSA) is 58.4 Å². The standard InChI is InChI=1S/C21H26N4O2/c1-14-10-15(2)24(22-14)12-16-4-6-17(7-5-16)21(27)25-18-8-9-19(25)13-23(3)20(26)11-18/h4-7,10,18-19H,8-9,11-13H2,1-3H3/t18-,19+/m1/s1. The first kappa shape index (κ1) is 17.8. The molecule has 2 aromatic rings. The van der Waals surface area contributed by atoms with E-state index in [0.717, 1.165) is 29.8 Å². The SMILES string of the molecule is Cc1cc(C)n(Cc2ccc(C(=O)N3[C@@H]4CC[C@H]3CN(C)C(=O)C4)cc2)n1. The highest BCUT2D eigenvalue weighted by Gasteiger charge is 2.42. The molecule has 0 aliphatic carbocycles. The van der Waals surface area contributed by atoms with Gasteiger partial charge in [0.2, 0.25) is 5.91 Å². The lowest BCUT2D eigenvalue weighted by atomic mass is 10.1. The minimum Gasteiger partial charge on any atom is -0.344 e. The lowest BCUT2D eigenvalue weighted by Crippen LogP contribution is -2.42. The van der Waals surface area contributed by atoms with Crippen molar-refractivity contribution in [3.8, 4) is 0 Å². The van der Waals surface area contributed by atoms with Crippen LogP contribution < -0.4 is 0 Å². The lowest BCUT2D eigenvalue weighted by molar-refractivity contribution is -0.130. The van der Waals surface area contributed by atoms with E-state index >= 15 is 0 Å². The van der Waals surface area contributed by atoms with Crippen LogP contribution in [0.3, 0.4) is 0 Å². The monoisotopic (exact) mass is 366 g/mol. The molecular weight excluding hydrogens is 340 g/mol. The van der Waals surface area contributed by atoms with Gasteiger partial charge in [-0.15, -0.1) is 0 Å². The Morgan fingerprint density at radius 2 is 1.85 bits per heavy atom. The molecule has 0 N–H and O–H groups in total. The summed E-state index contributed by atoms with van der Waals surface area (Å²) >= 11 is 0. The number of likely N-dealkylation sites (N-methyl/N-ethyl adjacent to an activating group) is 1. The molecule has 6 nitrogen and oxygen atoms in total. The van der Waals surface area contributed by atoms with Crippen LogP contribution in [0, 0.1) is 13.8 Å². The molecule has 6 heteroatoms. The van der Waals surface area contributed by atoms with E-state index in [0.29, 0.717) is 25.1 Å². The van der Waals surface area contributed by atoms with Gasteiger partial charge >= 0.3 is 0 Å². The molecule has 4 rings (SSSR count). The molecule has 0 unspecified atom stereocenters. The molecule has 142 valence electrons. The van der Waals surface area contributed by atoms with Crippen molar-refractivity contribution in [2.24, 2.45) is 0 Å². The van der Waals surface area contributed by atoms with E-state index in [1.165, 1.54) is 0 Å². The number of nitrogens with zero attached hydrogens (tertiary/aromatic N) is 4. The number of fused-ring (bicyclic) bond motifs is 2. The molecule has 2 bridgehead atoms. The van der Waals surface area contributed by atoms with E-state index in [1.54, 1.807) is 4.90 Å². The molecule has 2 aliphatic rings. The van der Waals surface area contributed by atoms with Crippen LogP contribution in [0.25, 0.3) is 0 Å². The Labute approximate surface area is 159 Å². The third-order valence-corrected chi connectivity index (χ3v) is 5.81. The summed E-state index contributed by atoms with van der Waals surface area (Å²) in [6, 6.07) is 10.0. The maximum atomic E-state index is 13.1. The Balaban J connectivity index is 1.51. The molecule has 0 spiro atoms. The number of benzene rings is 1. The van der Waals surface area contributed by atoms with Gasteiger partial charge in [0.05, 0.1) is 12.2 Å². The van der Waals surface area contributed by atoms with Gasteiger partial charge in [-0.2, -0.15) is 5.10 Å². The number of rotatable bonds is 3. The van der Waals surface area contributed by atoms with Crippen molar-refractivity contribution < 1.29 is 9.59 Å². The number of amides is 2. The second-order valence-corrected chi connectivity index (χ2v) is 7.86. The van der Waals surface area contributed by atoms with Crippen LogP contribution in [0.2, 0.25) is 0 Å². The summed E-state index contributed by atoms with van der Waals surface area (Å²) < 4.78 is 1.97. The molecule has 2 aliphatic heterocycles. The molecule has 3 heterocycles. The largest absolute Gasteiger partial charge is 0.344 e. The molecule has 0 saturated carbocycles. The van der Waals surface area contributed by atoms with E-state index in [9.17, 15) is 9.59 Å². The lowest BCUT2D eigenvalue weighted by Gasteiger charge is -2.28. The third kappa shape index (κ3) is 3.36. The van der Waals surface area contributed by atoms with Gasteiger partial charge in [-0.3, -0.25) is 14.3 Å². The zero-order valence-electron chi connectivity index (χ0n) is 16.2. The van der Waals surface area contributed by atoms with E-state index in [2.05, 4.69) is 11.2 Å². The maximum absolute atomic E-state index is 13.1. The quantitative estimate of drug-likeness (QED) is 0.838. The van der Waals surface area contributed by atoms with Gasteiger partial charge in [0.25, 0.3) is 5.91 Å². The fourth-order valence-corrected chi connectivity index (χ4v) is 4.36. The first-order valence-corrected chi connectivity index (χ1v) is 9.59. The highest BCUT2D eigenvalue weighted by molar-refractivity contribution is 5.95. The number of hydrogen-bond donors (Lipinski definition) is 0. The predicted octanol–water partition coefficient (Wildman–Crippen LogP) is 2.38. The first-order chi connectivity index (χ1) is 12.9. The van der Waals surface area contributed by atoms with Gasteiger partial charge in [0, 0.05) is 43.4 Å². The van der Waals surface area contributed by atoms with Crippen molar-refractivity contribution in [2.45, 2.75) is 51.7 Å². The van der Waals surface area contributed by atoms with Crippen molar-refractivity contribution in [1.29, 1.82) is 0 Å². The van der Waals surface area contributed by atoms with Crippen molar-refractivity contribution in [1.82, 2.24) is 19.6 Å². The molecule has 1 aromatic carbocycles. The Hall–Kier alpha value is -2.63. The van der Waals surface area contributed by atoms with E-state index < -0.39 is 0 Å². The smallest absolute Gasteiger partial charge is 0.254 e. The molecule has 27 heavy (non-hydrogen) atoms. The van der Waals surface area contributed by atoms with Gasteiger partial charge in [-0.05, 0) is 50.5 Å². The van der Waals surface area contributed by atoms with Crippen molar-refractivity contribution in [3.05, 3.63) is 52.8 Å². The molecule has 0 radical (unpaired) electrons. The Morgan fingerprint density at radius 3 is 2.52 bits per heavy atom. The van der Waals surface area contributed by atoms with Crippen molar-refractivity contribution >= 4 is 11.8 Å². The number of carbonyl (C=O) groups excluding carboxylic acids is 2. The normalized spacial score (nSPS) is 22.3. The maximum Gasteiger partial charge on any atom is 0.254 e. The summed E-state index contributed by atoms with van der Waals surface area (Å²) in [5.41, 5.74) is 3.95. The van der Waals surface area contributed by atoms with Crippen molar-refractivity contribution in [2.75, 3.05) is 13.6 Å². The van der Waals surface area contributed by atoms with E-state index in [1.807, 2.05) is 54.7 Å². The van der Waals surface area contributed by atoms with Gasteiger partial charge in [-0.25, -0.2) is 0 Å². The first-order valence-electron chi connectivity index (χ1n) is 9.59. The second kappa shape index (κ2) is 6.83. The van der Waals surface area contributed by atoms with E-state index in [-0.39, 0.29) is 23.9 Å². The zero-order valence-corrected chi connectivity index (χ0v) is 16.2. The summed E-state index contributed by atoms with van der Waals surface area (Å²) in [7, 11) is 1.83. The third-order valence-electron chi connectivity index (χ3n) is 5.81. The van der Waals surface area contributed by atoms with Crippen LogP contribution in [-0.4, -0.2) is 57.1 Å². The highest BCUT2D eigenvalue weighted by atomic mass is 16.2. The van der Waals surface area contributed by atoms with Crippen LogP contribution >= 0.6 is 0 Å². The molecule has 1 aromatic heterocycles. The molecule has 2 fully saturated rings. The molecule has 2 amide bonds. The summed E-state index contributed by atoms with van der Waals surface area (Å²) in [6.07, 6.45) is 2.34. The molecule has 2 saturated heterocycles. The Morgan fingerprint density at radius 1 is 1.15 bits per heavy atom.